The van der Waals surface area contributed by atoms with Crippen LogP contribution in [0.25, 0.3) is 5.76 Å². The summed E-state index contributed by atoms with van der Waals surface area (Å²) >= 11 is 0. The van der Waals surface area contributed by atoms with Crippen LogP contribution in [0.15, 0.2) is 66.5 Å². The lowest BCUT2D eigenvalue weighted by atomic mass is 9.94. The number of phenolic OH excluding ortho intramolecular Hbond substituents is 1. The SMILES string of the molecule is CCOc1cc([C@@H]2/C(=C(\O)c3ccc(OC(C)C)c(C)c3)C(=O)C(=O)N2Cc2cccnc2)ccc1O. The third-order valence-corrected chi connectivity index (χ3v) is 6.03. The number of likely N-dealkylation sites (tertiary alicyclic amines) is 1. The van der Waals surface area contributed by atoms with E-state index in [1.54, 1.807) is 55.7 Å². The normalized spacial score (nSPS) is 16.9. The number of aromatic hydroxyl groups is 1. The van der Waals surface area contributed by atoms with Crippen LogP contribution in [0.3, 0.4) is 0 Å². The van der Waals surface area contributed by atoms with Gasteiger partial charge in [-0.15, -0.1) is 0 Å². The minimum Gasteiger partial charge on any atom is -0.507 e. The maximum Gasteiger partial charge on any atom is 0.295 e. The molecule has 192 valence electrons. The van der Waals surface area contributed by atoms with E-state index in [1.165, 1.54) is 11.0 Å². The van der Waals surface area contributed by atoms with E-state index in [-0.39, 0.29) is 35.5 Å². The quantitative estimate of drug-likeness (QED) is 0.256. The average Bonchev–Trinajstić information content (AvgIpc) is 3.11. The molecular formula is C29H30N2O6. The summed E-state index contributed by atoms with van der Waals surface area (Å²) in [7, 11) is 0. The van der Waals surface area contributed by atoms with E-state index >= 15 is 0 Å². The lowest BCUT2D eigenvalue weighted by Crippen LogP contribution is -2.29. The topological polar surface area (TPSA) is 109 Å². The molecular weight excluding hydrogens is 472 g/mol. The second-order valence-corrected chi connectivity index (χ2v) is 9.10. The van der Waals surface area contributed by atoms with Gasteiger partial charge in [0.2, 0.25) is 0 Å². The minimum atomic E-state index is -0.910. The molecule has 1 aliphatic rings. The number of benzene rings is 2. The number of aliphatic hydroxyl groups is 1. The number of carbonyl (C=O) groups is 2. The molecule has 1 aliphatic heterocycles. The van der Waals surface area contributed by atoms with Crippen molar-refractivity contribution in [2.45, 2.75) is 46.4 Å². The molecule has 1 saturated heterocycles. The molecule has 4 rings (SSSR count). The summed E-state index contributed by atoms with van der Waals surface area (Å²) in [6, 6.07) is 12.4. The molecule has 0 radical (unpaired) electrons. The van der Waals surface area contributed by atoms with Gasteiger partial charge in [0, 0.05) is 24.5 Å². The number of amides is 1. The Morgan fingerprint density at radius 3 is 2.54 bits per heavy atom. The Morgan fingerprint density at radius 1 is 1.11 bits per heavy atom. The third kappa shape index (κ3) is 5.28. The number of phenols is 1. The molecule has 8 nitrogen and oxygen atoms in total. The molecule has 0 bridgehead atoms. The summed E-state index contributed by atoms with van der Waals surface area (Å²) in [6.45, 7) is 7.90. The second-order valence-electron chi connectivity index (χ2n) is 9.10. The lowest BCUT2D eigenvalue weighted by molar-refractivity contribution is -0.140. The van der Waals surface area contributed by atoms with Crippen LogP contribution in [-0.4, -0.2) is 44.5 Å². The van der Waals surface area contributed by atoms with Crippen molar-refractivity contribution >= 4 is 17.4 Å². The number of hydrogen-bond acceptors (Lipinski definition) is 7. The first-order valence-corrected chi connectivity index (χ1v) is 12.1. The summed E-state index contributed by atoms with van der Waals surface area (Å²) in [5.74, 6) is -0.998. The van der Waals surface area contributed by atoms with E-state index in [2.05, 4.69) is 4.98 Å². The Morgan fingerprint density at radius 2 is 1.89 bits per heavy atom. The highest BCUT2D eigenvalue weighted by Gasteiger charge is 2.46. The number of ketones is 1. The number of nitrogens with zero attached hydrogens (tertiary/aromatic N) is 2. The first kappa shape index (κ1) is 25.8. The van der Waals surface area contributed by atoms with Crippen molar-refractivity contribution in [3.63, 3.8) is 0 Å². The maximum atomic E-state index is 13.3. The molecule has 0 saturated carbocycles. The fourth-order valence-electron chi connectivity index (χ4n) is 4.39. The van der Waals surface area contributed by atoms with E-state index in [4.69, 9.17) is 9.47 Å². The second kappa shape index (κ2) is 10.7. The number of aliphatic hydroxyl groups excluding tert-OH is 1. The van der Waals surface area contributed by atoms with E-state index in [9.17, 15) is 19.8 Å². The zero-order valence-electron chi connectivity index (χ0n) is 21.3. The van der Waals surface area contributed by atoms with Gasteiger partial charge in [-0.05, 0) is 80.8 Å². The van der Waals surface area contributed by atoms with Gasteiger partial charge in [-0.1, -0.05) is 12.1 Å². The zero-order chi connectivity index (χ0) is 26.7. The molecule has 1 atom stereocenters. The van der Waals surface area contributed by atoms with E-state index < -0.39 is 17.7 Å². The largest absolute Gasteiger partial charge is 0.507 e. The molecule has 1 aromatic heterocycles. The summed E-state index contributed by atoms with van der Waals surface area (Å²) in [4.78, 5) is 32.1. The molecule has 0 aliphatic carbocycles. The van der Waals surface area contributed by atoms with Gasteiger partial charge >= 0.3 is 0 Å². The number of aryl methyl sites for hydroxylation is 1. The molecule has 2 N–H and O–H groups in total. The Bertz CT molecular complexity index is 1350. The van der Waals surface area contributed by atoms with Crippen molar-refractivity contribution in [1.82, 2.24) is 9.88 Å². The summed E-state index contributed by atoms with van der Waals surface area (Å²) < 4.78 is 11.3. The van der Waals surface area contributed by atoms with Crippen molar-refractivity contribution in [2.24, 2.45) is 0 Å². The van der Waals surface area contributed by atoms with Crippen molar-refractivity contribution in [2.75, 3.05) is 6.61 Å². The number of Topliss-reactive ketones (excluding diaryl/α,β-unsaturated/α-hetero) is 1. The van der Waals surface area contributed by atoms with Gasteiger partial charge in [0.05, 0.1) is 24.3 Å². The predicted octanol–water partition coefficient (Wildman–Crippen LogP) is 4.90. The van der Waals surface area contributed by atoms with Gasteiger partial charge in [0.1, 0.15) is 11.5 Å². The zero-order valence-corrected chi connectivity index (χ0v) is 21.3. The van der Waals surface area contributed by atoms with Gasteiger partial charge < -0.3 is 24.6 Å². The molecule has 8 heteroatoms. The number of aromatic nitrogens is 1. The van der Waals surface area contributed by atoms with Crippen LogP contribution in [0.1, 0.15) is 49.1 Å². The fourth-order valence-corrected chi connectivity index (χ4v) is 4.39. The van der Waals surface area contributed by atoms with Crippen LogP contribution >= 0.6 is 0 Å². The smallest absolute Gasteiger partial charge is 0.295 e. The average molecular weight is 503 g/mol. The summed E-state index contributed by atoms with van der Waals surface area (Å²) in [5, 5.41) is 21.6. The van der Waals surface area contributed by atoms with Gasteiger partial charge in [-0.25, -0.2) is 0 Å². The number of rotatable bonds is 8. The predicted molar refractivity (Wildman–Crippen MR) is 138 cm³/mol. The molecule has 1 fully saturated rings. The molecule has 1 amide bonds. The van der Waals surface area contributed by atoms with E-state index in [0.29, 0.717) is 23.5 Å². The Kier molecular flexibility index (Phi) is 7.47. The number of hydrogen-bond donors (Lipinski definition) is 2. The van der Waals surface area contributed by atoms with Crippen LogP contribution < -0.4 is 9.47 Å². The van der Waals surface area contributed by atoms with Gasteiger partial charge in [0.25, 0.3) is 11.7 Å². The number of pyridine rings is 1. The maximum absolute atomic E-state index is 13.3. The van der Waals surface area contributed by atoms with Crippen LogP contribution in [0.2, 0.25) is 0 Å². The van der Waals surface area contributed by atoms with Crippen molar-refractivity contribution in [3.05, 3.63) is 88.8 Å². The minimum absolute atomic E-state index is 0.0232. The molecule has 0 spiro atoms. The third-order valence-electron chi connectivity index (χ3n) is 6.03. The van der Waals surface area contributed by atoms with E-state index in [0.717, 1.165) is 11.1 Å². The standard InChI is InChI=1S/C29H30N2O6/c1-5-36-24-14-20(8-10-22(24)32)26-25(27(33)21-9-11-23(18(4)13-21)37-17(2)3)28(34)29(35)31(26)16-19-7-6-12-30-15-19/h6-15,17,26,32-33H,5,16H2,1-4H3/b27-25+/t26-/m1/s1. The molecule has 3 aromatic rings. The number of ether oxygens (including phenoxy) is 2. The van der Waals surface area contributed by atoms with Gasteiger partial charge in [-0.2, -0.15) is 0 Å². The Balaban J connectivity index is 1.86. The van der Waals surface area contributed by atoms with Crippen LogP contribution in [-0.2, 0) is 16.1 Å². The Hall–Kier alpha value is -4.33. The van der Waals surface area contributed by atoms with Crippen molar-refractivity contribution < 1.29 is 29.3 Å². The van der Waals surface area contributed by atoms with E-state index in [1.807, 2.05) is 26.8 Å². The highest BCUT2D eigenvalue weighted by molar-refractivity contribution is 6.46. The van der Waals surface area contributed by atoms with Crippen molar-refractivity contribution in [3.8, 4) is 17.2 Å². The molecule has 2 aromatic carbocycles. The van der Waals surface area contributed by atoms with Crippen LogP contribution in [0.4, 0.5) is 0 Å². The molecule has 37 heavy (non-hydrogen) atoms. The van der Waals surface area contributed by atoms with Crippen LogP contribution in [0.5, 0.6) is 17.2 Å². The summed E-state index contributed by atoms with van der Waals surface area (Å²) in [5.41, 5.74) is 2.37. The van der Waals surface area contributed by atoms with Gasteiger partial charge in [-0.3, -0.25) is 14.6 Å². The van der Waals surface area contributed by atoms with Crippen molar-refractivity contribution in [1.29, 1.82) is 0 Å². The first-order chi connectivity index (χ1) is 17.7. The lowest BCUT2D eigenvalue weighted by Gasteiger charge is -2.26. The Labute approximate surface area is 215 Å². The van der Waals surface area contributed by atoms with Gasteiger partial charge in [0.15, 0.2) is 11.5 Å². The fraction of sp³-hybridized carbons (Fsp3) is 0.276. The number of carbonyl (C=O) groups excluding carboxylic acids is 2. The molecule has 2 heterocycles. The van der Waals surface area contributed by atoms with Crippen LogP contribution in [0, 0.1) is 6.92 Å². The summed E-state index contributed by atoms with van der Waals surface area (Å²) in [6.07, 6.45) is 3.22. The highest BCUT2D eigenvalue weighted by atomic mass is 16.5. The monoisotopic (exact) mass is 502 g/mol. The molecule has 0 unspecified atom stereocenters. The first-order valence-electron chi connectivity index (χ1n) is 12.1. The highest BCUT2D eigenvalue weighted by Crippen LogP contribution is 2.42.